The first-order valence-corrected chi connectivity index (χ1v) is 7.47. The first kappa shape index (κ1) is 13.4. The molecule has 0 aliphatic heterocycles. The van der Waals surface area contributed by atoms with Crippen LogP contribution in [0.3, 0.4) is 0 Å². The smallest absolute Gasteiger partial charge is 0.163 e. The number of aryl methyl sites for hydroxylation is 1. The van der Waals surface area contributed by atoms with Gasteiger partial charge < -0.3 is 4.74 Å². The minimum Gasteiger partial charge on any atom is -0.489 e. The van der Waals surface area contributed by atoms with Crippen LogP contribution in [0, 0.1) is 6.92 Å². The number of carbonyl (C=O) groups is 1. The summed E-state index contributed by atoms with van der Waals surface area (Å²) in [5.41, 5.74) is 4.33. The topological polar surface area (TPSA) is 26.3 Å². The van der Waals surface area contributed by atoms with Gasteiger partial charge in [0.2, 0.25) is 0 Å². The molecule has 3 heteroatoms. The van der Waals surface area contributed by atoms with E-state index in [1.165, 1.54) is 5.56 Å². The minimum absolute atomic E-state index is 0.245. The number of Topliss-reactive ketones (excluding diaryl/α,β-unsaturated/α-hetero) is 1. The lowest BCUT2D eigenvalue weighted by Crippen LogP contribution is -1.99. The highest BCUT2D eigenvalue weighted by molar-refractivity contribution is 9.10. The molecule has 2 nitrogen and oxygen atoms in total. The maximum atomic E-state index is 11.6. The molecule has 0 aromatic heterocycles. The van der Waals surface area contributed by atoms with E-state index in [0.717, 1.165) is 33.3 Å². The molecule has 0 atom stereocenters. The van der Waals surface area contributed by atoms with Crippen LogP contribution >= 0.6 is 15.9 Å². The van der Waals surface area contributed by atoms with Crippen LogP contribution in [0.5, 0.6) is 5.75 Å². The molecule has 20 heavy (non-hydrogen) atoms. The number of rotatable bonds is 3. The Morgan fingerprint density at radius 1 is 1.20 bits per heavy atom. The summed E-state index contributed by atoms with van der Waals surface area (Å²) in [6, 6.07) is 11.9. The van der Waals surface area contributed by atoms with Crippen molar-refractivity contribution in [2.75, 3.05) is 0 Å². The van der Waals surface area contributed by atoms with Crippen molar-refractivity contribution in [3.05, 3.63) is 63.1 Å². The number of carbonyl (C=O) groups excluding carboxylic acids is 1. The normalized spacial score (nSPS) is 13.4. The van der Waals surface area contributed by atoms with Gasteiger partial charge in [0.1, 0.15) is 12.4 Å². The summed E-state index contributed by atoms with van der Waals surface area (Å²) in [4.78, 5) is 11.6. The van der Waals surface area contributed by atoms with Crippen molar-refractivity contribution in [2.24, 2.45) is 0 Å². The highest BCUT2D eigenvalue weighted by atomic mass is 79.9. The largest absolute Gasteiger partial charge is 0.489 e. The third kappa shape index (κ3) is 2.50. The number of ketones is 1. The molecule has 2 aromatic rings. The van der Waals surface area contributed by atoms with Crippen LogP contribution < -0.4 is 4.74 Å². The molecule has 0 fully saturated rings. The number of fused-ring (bicyclic) bond motifs is 1. The van der Waals surface area contributed by atoms with Gasteiger partial charge in [0, 0.05) is 16.5 Å². The van der Waals surface area contributed by atoms with Gasteiger partial charge in [-0.2, -0.15) is 0 Å². The van der Waals surface area contributed by atoms with E-state index in [4.69, 9.17) is 4.74 Å². The Hall–Kier alpha value is -1.61. The molecule has 0 unspecified atom stereocenters. The molecule has 102 valence electrons. The first-order chi connectivity index (χ1) is 9.65. The van der Waals surface area contributed by atoms with Crippen molar-refractivity contribution in [3.63, 3.8) is 0 Å². The molecule has 0 bridgehead atoms. The summed E-state index contributed by atoms with van der Waals surface area (Å²) in [5.74, 6) is 1.08. The Bertz CT molecular complexity index is 677. The third-order valence-corrected chi connectivity index (χ3v) is 4.63. The van der Waals surface area contributed by atoms with Gasteiger partial charge >= 0.3 is 0 Å². The van der Waals surface area contributed by atoms with Gasteiger partial charge in [-0.05, 0) is 54.3 Å². The maximum Gasteiger partial charge on any atom is 0.163 e. The Kier molecular flexibility index (Phi) is 3.62. The lowest BCUT2D eigenvalue weighted by Gasteiger charge is -2.10. The SMILES string of the molecule is Cc1c(Br)cccc1COc1ccc2c(c1)CCC2=O. The molecular formula is C17H15BrO2. The summed E-state index contributed by atoms with van der Waals surface area (Å²) in [6.07, 6.45) is 1.46. The van der Waals surface area contributed by atoms with Gasteiger partial charge in [-0.1, -0.05) is 28.1 Å². The van der Waals surface area contributed by atoms with Crippen molar-refractivity contribution >= 4 is 21.7 Å². The predicted octanol–water partition coefficient (Wildman–Crippen LogP) is 4.47. The third-order valence-electron chi connectivity index (χ3n) is 3.77. The van der Waals surface area contributed by atoms with Crippen LogP contribution in [0.2, 0.25) is 0 Å². The Morgan fingerprint density at radius 2 is 2.05 bits per heavy atom. The van der Waals surface area contributed by atoms with Gasteiger partial charge in [-0.15, -0.1) is 0 Å². The van der Waals surface area contributed by atoms with Crippen molar-refractivity contribution in [2.45, 2.75) is 26.4 Å². The second-order valence-corrected chi connectivity index (χ2v) is 5.91. The lowest BCUT2D eigenvalue weighted by molar-refractivity contribution is 0.0994. The number of ether oxygens (including phenoxy) is 1. The number of hydrogen-bond donors (Lipinski definition) is 0. The summed E-state index contributed by atoms with van der Waals surface area (Å²) in [7, 11) is 0. The van der Waals surface area contributed by atoms with E-state index in [2.05, 4.69) is 28.9 Å². The Morgan fingerprint density at radius 3 is 2.90 bits per heavy atom. The van der Waals surface area contributed by atoms with Gasteiger partial charge in [0.25, 0.3) is 0 Å². The molecule has 0 saturated heterocycles. The lowest BCUT2D eigenvalue weighted by atomic mass is 10.1. The second kappa shape index (κ2) is 5.41. The van der Waals surface area contributed by atoms with E-state index in [9.17, 15) is 4.79 Å². The first-order valence-electron chi connectivity index (χ1n) is 6.68. The van der Waals surface area contributed by atoms with Crippen LogP contribution in [0.25, 0.3) is 0 Å². The molecular weight excluding hydrogens is 316 g/mol. The van der Waals surface area contributed by atoms with E-state index in [-0.39, 0.29) is 5.78 Å². The quantitative estimate of drug-likeness (QED) is 0.830. The van der Waals surface area contributed by atoms with Crippen LogP contribution in [0.4, 0.5) is 0 Å². The van der Waals surface area contributed by atoms with Gasteiger partial charge in [-0.25, -0.2) is 0 Å². The van der Waals surface area contributed by atoms with Crippen LogP contribution in [-0.4, -0.2) is 5.78 Å². The fraction of sp³-hybridized carbons (Fsp3) is 0.235. The van der Waals surface area contributed by atoms with Crippen LogP contribution in [0.15, 0.2) is 40.9 Å². The fourth-order valence-electron chi connectivity index (χ4n) is 2.49. The van der Waals surface area contributed by atoms with Gasteiger partial charge in [0.15, 0.2) is 5.78 Å². The number of benzene rings is 2. The molecule has 3 rings (SSSR count). The zero-order chi connectivity index (χ0) is 14.1. The number of hydrogen-bond acceptors (Lipinski definition) is 2. The van der Waals surface area contributed by atoms with Crippen LogP contribution in [-0.2, 0) is 13.0 Å². The summed E-state index contributed by atoms with van der Waals surface area (Å²) in [6.45, 7) is 2.61. The molecule has 1 aliphatic rings. The van der Waals surface area contributed by atoms with Gasteiger partial charge in [-0.3, -0.25) is 4.79 Å². The highest BCUT2D eigenvalue weighted by Crippen LogP contribution is 2.27. The molecule has 0 radical (unpaired) electrons. The zero-order valence-corrected chi connectivity index (χ0v) is 12.9. The zero-order valence-electron chi connectivity index (χ0n) is 11.3. The summed E-state index contributed by atoms with van der Waals surface area (Å²) in [5, 5.41) is 0. The summed E-state index contributed by atoms with van der Waals surface area (Å²) >= 11 is 3.53. The van der Waals surface area contributed by atoms with Crippen molar-refractivity contribution < 1.29 is 9.53 Å². The monoisotopic (exact) mass is 330 g/mol. The van der Waals surface area contributed by atoms with E-state index < -0.39 is 0 Å². The standard InChI is InChI=1S/C17H15BrO2/c1-11-13(3-2-4-16(11)18)10-20-14-6-7-15-12(9-14)5-8-17(15)19/h2-4,6-7,9H,5,8,10H2,1H3. The van der Waals surface area contributed by atoms with Crippen molar-refractivity contribution in [1.82, 2.24) is 0 Å². The molecule has 0 N–H and O–H groups in total. The average molecular weight is 331 g/mol. The van der Waals surface area contributed by atoms with Gasteiger partial charge in [0.05, 0.1) is 0 Å². The van der Waals surface area contributed by atoms with Crippen molar-refractivity contribution in [1.29, 1.82) is 0 Å². The van der Waals surface area contributed by atoms with E-state index in [1.807, 2.05) is 30.3 Å². The van der Waals surface area contributed by atoms with Crippen LogP contribution in [0.1, 0.15) is 33.5 Å². The Balaban J connectivity index is 1.76. The fourth-order valence-corrected chi connectivity index (χ4v) is 2.90. The summed E-state index contributed by atoms with van der Waals surface area (Å²) < 4.78 is 6.95. The second-order valence-electron chi connectivity index (χ2n) is 5.05. The molecule has 0 spiro atoms. The highest BCUT2D eigenvalue weighted by Gasteiger charge is 2.19. The minimum atomic E-state index is 0.245. The van der Waals surface area contributed by atoms with E-state index >= 15 is 0 Å². The van der Waals surface area contributed by atoms with E-state index in [1.54, 1.807) is 0 Å². The molecule has 0 amide bonds. The van der Waals surface area contributed by atoms with E-state index in [0.29, 0.717) is 13.0 Å². The molecule has 0 saturated carbocycles. The molecule has 0 heterocycles. The average Bonchev–Trinajstić information content (AvgIpc) is 2.82. The molecule has 1 aliphatic carbocycles. The predicted molar refractivity (Wildman–Crippen MR) is 82.3 cm³/mol. The number of halogens is 1. The Labute approximate surface area is 126 Å². The molecule has 2 aromatic carbocycles. The maximum absolute atomic E-state index is 11.6. The van der Waals surface area contributed by atoms with Crippen molar-refractivity contribution in [3.8, 4) is 5.75 Å².